The fourth-order valence-electron chi connectivity index (χ4n) is 2.24. The molecule has 1 aromatic heterocycles. The lowest BCUT2D eigenvalue weighted by molar-refractivity contribution is -0.428. The molecule has 1 aliphatic carbocycles. The van der Waals surface area contributed by atoms with Crippen molar-refractivity contribution in [2.75, 3.05) is 0 Å². The first-order chi connectivity index (χ1) is 6.25. The van der Waals surface area contributed by atoms with E-state index in [2.05, 4.69) is 11.8 Å². The molecule has 0 bridgehead atoms. The molecule has 2 nitrogen and oxygen atoms in total. The van der Waals surface area contributed by atoms with Gasteiger partial charge in [0.1, 0.15) is 11.5 Å². The van der Waals surface area contributed by atoms with Gasteiger partial charge in [0.2, 0.25) is 0 Å². The highest BCUT2D eigenvalue weighted by molar-refractivity contribution is 5.06. The Hall–Kier alpha value is -0.760. The molecule has 13 heavy (non-hydrogen) atoms. The highest BCUT2D eigenvalue weighted by atomic mass is 16.3. The van der Waals surface area contributed by atoms with Crippen LogP contribution < -0.4 is 5.73 Å². The van der Waals surface area contributed by atoms with Gasteiger partial charge in [0.15, 0.2) is 0 Å². The maximum Gasteiger partial charge on any atom is 0.104 e. The van der Waals surface area contributed by atoms with Gasteiger partial charge in [0.25, 0.3) is 0 Å². The van der Waals surface area contributed by atoms with Gasteiger partial charge in [-0.1, -0.05) is 0 Å². The molecular weight excluding hydrogens is 162 g/mol. The first-order valence-corrected chi connectivity index (χ1v) is 5.14. The largest absolute Gasteiger partial charge is 0.466 e. The van der Waals surface area contributed by atoms with Crippen LogP contribution >= 0.6 is 0 Å². The van der Waals surface area contributed by atoms with Gasteiger partial charge in [-0.15, -0.1) is 0 Å². The summed E-state index contributed by atoms with van der Waals surface area (Å²) in [6.45, 7) is 2.00. The monoisotopic (exact) mass is 180 g/mol. The van der Waals surface area contributed by atoms with Crippen LogP contribution in [0.2, 0.25) is 0 Å². The van der Waals surface area contributed by atoms with E-state index >= 15 is 0 Å². The van der Waals surface area contributed by atoms with Crippen LogP contribution in [0.25, 0.3) is 0 Å². The van der Waals surface area contributed by atoms with Crippen molar-refractivity contribution < 1.29 is 10.2 Å². The maximum atomic E-state index is 5.57. The second kappa shape index (κ2) is 3.54. The first kappa shape index (κ1) is 8.82. The lowest BCUT2D eigenvalue weighted by Crippen LogP contribution is -2.62. The minimum absolute atomic E-state index is 0.644. The molecule has 1 saturated carbocycles. The predicted molar refractivity (Wildman–Crippen MR) is 51.2 cm³/mol. The standard InChI is InChI=1S/C11H17NO/c1-8-5-6-10(13-8)7-9-3-2-4-11(9)12/h5-6,9,11H,2-4,7,12H2,1H3/p+1/t9-,11+/m0/s1. The molecule has 0 saturated heterocycles. The smallest absolute Gasteiger partial charge is 0.104 e. The molecule has 2 heteroatoms. The van der Waals surface area contributed by atoms with Gasteiger partial charge >= 0.3 is 0 Å². The summed E-state index contributed by atoms with van der Waals surface area (Å²) in [4.78, 5) is 0. The van der Waals surface area contributed by atoms with E-state index in [-0.39, 0.29) is 0 Å². The number of hydrogen-bond donors (Lipinski definition) is 1. The van der Waals surface area contributed by atoms with E-state index in [0.29, 0.717) is 6.04 Å². The molecule has 0 radical (unpaired) electrons. The number of aryl methyl sites for hydroxylation is 1. The molecule has 1 aliphatic rings. The first-order valence-electron chi connectivity index (χ1n) is 5.14. The predicted octanol–water partition coefficient (Wildman–Crippen LogP) is 1.54. The Bertz CT molecular complexity index is 279. The molecule has 1 aromatic rings. The molecule has 2 atom stereocenters. The Morgan fingerprint density at radius 3 is 2.85 bits per heavy atom. The zero-order valence-electron chi connectivity index (χ0n) is 8.25. The molecule has 1 fully saturated rings. The summed E-state index contributed by atoms with van der Waals surface area (Å²) in [7, 11) is 0. The van der Waals surface area contributed by atoms with Crippen LogP contribution in [0.4, 0.5) is 0 Å². The zero-order valence-corrected chi connectivity index (χ0v) is 8.25. The van der Waals surface area contributed by atoms with E-state index in [0.717, 1.165) is 23.9 Å². The van der Waals surface area contributed by atoms with Crippen LogP contribution in [0.1, 0.15) is 30.8 Å². The van der Waals surface area contributed by atoms with Gasteiger partial charge < -0.3 is 10.2 Å². The fourth-order valence-corrected chi connectivity index (χ4v) is 2.24. The maximum absolute atomic E-state index is 5.57. The number of rotatable bonds is 2. The van der Waals surface area contributed by atoms with Crippen molar-refractivity contribution in [3.05, 3.63) is 23.7 Å². The van der Waals surface area contributed by atoms with E-state index in [9.17, 15) is 0 Å². The molecule has 72 valence electrons. The van der Waals surface area contributed by atoms with Gasteiger partial charge in [-0.3, -0.25) is 0 Å². The number of hydrogen-bond acceptors (Lipinski definition) is 1. The molecule has 0 aromatic carbocycles. The second-order valence-electron chi connectivity index (χ2n) is 4.17. The van der Waals surface area contributed by atoms with E-state index in [1.807, 2.05) is 13.0 Å². The quantitative estimate of drug-likeness (QED) is 0.737. The summed E-state index contributed by atoms with van der Waals surface area (Å²) in [5.74, 6) is 2.91. The van der Waals surface area contributed by atoms with Gasteiger partial charge in [-0.05, 0) is 38.3 Å². The molecular formula is C11H18NO+. The third-order valence-electron chi connectivity index (χ3n) is 3.08. The third-order valence-corrected chi connectivity index (χ3v) is 3.08. The third kappa shape index (κ3) is 1.94. The van der Waals surface area contributed by atoms with Crippen LogP contribution in [0.3, 0.4) is 0 Å². The van der Waals surface area contributed by atoms with E-state index in [1.165, 1.54) is 19.3 Å². The van der Waals surface area contributed by atoms with Gasteiger partial charge in [-0.2, -0.15) is 0 Å². The Labute approximate surface area is 79.1 Å². The highest BCUT2D eigenvalue weighted by Crippen LogP contribution is 2.26. The van der Waals surface area contributed by atoms with Crippen molar-refractivity contribution >= 4 is 0 Å². The molecule has 0 unspecified atom stereocenters. The van der Waals surface area contributed by atoms with Crippen molar-refractivity contribution in [2.45, 2.75) is 38.6 Å². The number of quaternary nitrogens is 1. The molecule has 0 aliphatic heterocycles. The summed E-state index contributed by atoms with van der Waals surface area (Å²) >= 11 is 0. The lowest BCUT2D eigenvalue weighted by atomic mass is 9.99. The summed E-state index contributed by atoms with van der Waals surface area (Å²) < 4.78 is 5.57. The van der Waals surface area contributed by atoms with Crippen molar-refractivity contribution in [1.82, 2.24) is 0 Å². The molecule has 0 spiro atoms. The average Bonchev–Trinajstić information content (AvgIpc) is 2.64. The molecule has 1 heterocycles. The van der Waals surface area contributed by atoms with E-state index in [1.54, 1.807) is 0 Å². The normalized spacial score (nSPS) is 28.2. The summed E-state index contributed by atoms with van der Waals surface area (Å²) in [6.07, 6.45) is 5.05. The van der Waals surface area contributed by atoms with Gasteiger partial charge in [0, 0.05) is 12.3 Å². The van der Waals surface area contributed by atoms with Crippen molar-refractivity contribution in [1.29, 1.82) is 0 Å². The van der Waals surface area contributed by atoms with Crippen LogP contribution in [-0.4, -0.2) is 6.04 Å². The van der Waals surface area contributed by atoms with Gasteiger partial charge in [0.05, 0.1) is 6.04 Å². The van der Waals surface area contributed by atoms with Crippen LogP contribution in [0, 0.1) is 12.8 Å². The highest BCUT2D eigenvalue weighted by Gasteiger charge is 2.27. The fraction of sp³-hybridized carbons (Fsp3) is 0.636. The molecule has 3 N–H and O–H groups in total. The molecule has 2 rings (SSSR count). The molecule has 0 amide bonds. The van der Waals surface area contributed by atoms with Gasteiger partial charge in [-0.25, -0.2) is 0 Å². The Kier molecular flexibility index (Phi) is 2.40. The minimum atomic E-state index is 0.644. The zero-order chi connectivity index (χ0) is 9.26. The summed E-state index contributed by atoms with van der Waals surface area (Å²) in [5, 5.41) is 0. The van der Waals surface area contributed by atoms with Crippen molar-refractivity contribution in [3.8, 4) is 0 Å². The van der Waals surface area contributed by atoms with Crippen LogP contribution in [0.15, 0.2) is 16.5 Å². The SMILES string of the molecule is Cc1ccc(C[C@@H]2CCC[C@H]2[NH3+])o1. The minimum Gasteiger partial charge on any atom is -0.466 e. The second-order valence-corrected chi connectivity index (χ2v) is 4.17. The van der Waals surface area contributed by atoms with Crippen LogP contribution in [-0.2, 0) is 6.42 Å². The lowest BCUT2D eigenvalue weighted by Gasteiger charge is -2.09. The summed E-state index contributed by atoms with van der Waals surface area (Å²) in [6, 6.07) is 4.79. The Balaban J connectivity index is 1.97. The topological polar surface area (TPSA) is 40.8 Å². The Morgan fingerprint density at radius 1 is 1.46 bits per heavy atom. The van der Waals surface area contributed by atoms with Crippen molar-refractivity contribution in [2.24, 2.45) is 5.92 Å². The number of furan rings is 1. The summed E-state index contributed by atoms with van der Waals surface area (Å²) in [5.41, 5.74) is 4.18. The average molecular weight is 180 g/mol. The Morgan fingerprint density at radius 2 is 2.31 bits per heavy atom. The van der Waals surface area contributed by atoms with Crippen LogP contribution in [0.5, 0.6) is 0 Å². The van der Waals surface area contributed by atoms with E-state index < -0.39 is 0 Å². The van der Waals surface area contributed by atoms with Crippen molar-refractivity contribution in [3.63, 3.8) is 0 Å². The van der Waals surface area contributed by atoms with E-state index in [4.69, 9.17) is 4.42 Å².